The van der Waals surface area contributed by atoms with Gasteiger partial charge in [0.05, 0.1) is 12.1 Å². The molecule has 6 nitrogen and oxygen atoms in total. The Balaban J connectivity index is 1.46. The van der Waals surface area contributed by atoms with E-state index in [4.69, 9.17) is 0 Å². The number of aromatic nitrogens is 1. The Kier molecular flexibility index (Phi) is 5.42. The third-order valence-corrected chi connectivity index (χ3v) is 5.14. The van der Waals surface area contributed by atoms with Gasteiger partial charge in [0.15, 0.2) is 0 Å². The summed E-state index contributed by atoms with van der Waals surface area (Å²) in [5.41, 5.74) is 4.79. The molecule has 0 spiro atoms. The number of rotatable bonds is 5. The number of para-hydroxylation sites is 1. The Bertz CT molecular complexity index is 1050. The van der Waals surface area contributed by atoms with Gasteiger partial charge in [-0.05, 0) is 36.2 Å². The number of carbonyl (C=O) groups is 2. The monoisotopic (exact) mass is 388 g/mol. The van der Waals surface area contributed by atoms with Gasteiger partial charge in [0.1, 0.15) is 0 Å². The molecular weight excluding hydrogens is 364 g/mol. The van der Waals surface area contributed by atoms with Crippen molar-refractivity contribution in [3.05, 3.63) is 71.4 Å². The summed E-state index contributed by atoms with van der Waals surface area (Å²) < 4.78 is 0. The van der Waals surface area contributed by atoms with E-state index in [-0.39, 0.29) is 18.4 Å². The third kappa shape index (κ3) is 4.21. The lowest BCUT2D eigenvalue weighted by Crippen LogP contribution is -2.49. The van der Waals surface area contributed by atoms with Crippen molar-refractivity contribution in [2.45, 2.75) is 19.9 Å². The fourth-order valence-corrected chi connectivity index (χ4v) is 3.51. The van der Waals surface area contributed by atoms with Gasteiger partial charge in [-0.3, -0.25) is 14.6 Å². The minimum atomic E-state index is -0.110. The number of carbonyl (C=O) groups excluding carboxylic acids is 2. The highest BCUT2D eigenvalue weighted by atomic mass is 16.2. The predicted molar refractivity (Wildman–Crippen MR) is 114 cm³/mol. The molecule has 2 N–H and O–H groups in total. The summed E-state index contributed by atoms with van der Waals surface area (Å²) in [6.45, 7) is 3.92. The average Bonchev–Trinajstić information content (AvgIpc) is 2.77. The van der Waals surface area contributed by atoms with Crippen LogP contribution in [0.5, 0.6) is 0 Å². The summed E-state index contributed by atoms with van der Waals surface area (Å²) in [5, 5.41) is 7.34. The second-order valence-electron chi connectivity index (χ2n) is 7.16. The van der Waals surface area contributed by atoms with Crippen LogP contribution in [0, 0.1) is 0 Å². The van der Waals surface area contributed by atoms with Crippen molar-refractivity contribution in [1.82, 2.24) is 15.2 Å². The van der Waals surface area contributed by atoms with Crippen molar-refractivity contribution in [2.24, 2.45) is 0 Å². The number of anilines is 1. The lowest BCUT2D eigenvalue weighted by atomic mass is 10.1. The molecule has 1 aliphatic heterocycles. The van der Waals surface area contributed by atoms with E-state index in [0.29, 0.717) is 25.2 Å². The second kappa shape index (κ2) is 8.31. The third-order valence-electron chi connectivity index (χ3n) is 5.14. The van der Waals surface area contributed by atoms with E-state index in [9.17, 15) is 9.59 Å². The fraction of sp³-hybridized carbons (Fsp3) is 0.261. The predicted octanol–water partition coefficient (Wildman–Crippen LogP) is 2.98. The van der Waals surface area contributed by atoms with Gasteiger partial charge in [0, 0.05) is 42.0 Å². The molecule has 29 heavy (non-hydrogen) atoms. The zero-order valence-electron chi connectivity index (χ0n) is 16.4. The number of hydrogen-bond donors (Lipinski definition) is 2. The van der Waals surface area contributed by atoms with Crippen LogP contribution in [0.2, 0.25) is 0 Å². The summed E-state index contributed by atoms with van der Waals surface area (Å²) >= 11 is 0. The van der Waals surface area contributed by atoms with Crippen LogP contribution in [0.25, 0.3) is 10.9 Å². The normalized spacial score (nSPS) is 14.0. The molecule has 1 aliphatic rings. The molecule has 3 aromatic rings. The van der Waals surface area contributed by atoms with E-state index in [0.717, 1.165) is 34.3 Å². The highest BCUT2D eigenvalue weighted by Crippen LogP contribution is 2.24. The largest absolute Gasteiger partial charge is 0.380 e. The first-order valence-corrected chi connectivity index (χ1v) is 9.91. The fourth-order valence-electron chi connectivity index (χ4n) is 3.51. The van der Waals surface area contributed by atoms with Crippen molar-refractivity contribution in [2.75, 3.05) is 25.0 Å². The first-order valence-electron chi connectivity index (χ1n) is 9.91. The van der Waals surface area contributed by atoms with E-state index in [1.165, 1.54) is 0 Å². The van der Waals surface area contributed by atoms with Gasteiger partial charge in [-0.1, -0.05) is 37.3 Å². The number of pyridine rings is 1. The second-order valence-corrected chi connectivity index (χ2v) is 7.16. The van der Waals surface area contributed by atoms with Crippen molar-refractivity contribution < 1.29 is 9.59 Å². The summed E-state index contributed by atoms with van der Waals surface area (Å²) in [7, 11) is 0. The van der Waals surface area contributed by atoms with E-state index < -0.39 is 0 Å². The van der Waals surface area contributed by atoms with Crippen LogP contribution in [0.3, 0.4) is 0 Å². The quantitative estimate of drug-likeness (QED) is 0.705. The number of nitrogens with zero attached hydrogens (tertiary/aromatic N) is 2. The Labute approximate surface area is 169 Å². The van der Waals surface area contributed by atoms with Gasteiger partial charge >= 0.3 is 0 Å². The number of hydrogen-bond acceptors (Lipinski definition) is 4. The van der Waals surface area contributed by atoms with Crippen LogP contribution in [0.4, 0.5) is 5.69 Å². The number of benzene rings is 2. The van der Waals surface area contributed by atoms with Gasteiger partial charge in [0.25, 0.3) is 5.91 Å². The first-order chi connectivity index (χ1) is 14.1. The molecule has 1 fully saturated rings. The Morgan fingerprint density at radius 1 is 1.17 bits per heavy atom. The highest BCUT2D eigenvalue weighted by Gasteiger charge is 2.22. The van der Waals surface area contributed by atoms with Gasteiger partial charge in [-0.25, -0.2) is 0 Å². The van der Waals surface area contributed by atoms with E-state index in [1.54, 1.807) is 4.90 Å². The Morgan fingerprint density at radius 2 is 1.97 bits per heavy atom. The van der Waals surface area contributed by atoms with Crippen molar-refractivity contribution in [3.8, 4) is 0 Å². The topological polar surface area (TPSA) is 74.3 Å². The van der Waals surface area contributed by atoms with Crippen molar-refractivity contribution in [3.63, 3.8) is 0 Å². The summed E-state index contributed by atoms with van der Waals surface area (Å²) in [5.74, 6) is -0.214. The summed E-state index contributed by atoms with van der Waals surface area (Å²) in [4.78, 5) is 30.3. The molecule has 148 valence electrons. The number of piperazine rings is 1. The smallest absolute Gasteiger partial charge is 0.254 e. The number of fused-ring (bicyclic) bond motifs is 1. The first kappa shape index (κ1) is 18.9. The molecule has 0 bridgehead atoms. The molecule has 0 saturated carbocycles. The molecule has 6 heteroatoms. The minimum Gasteiger partial charge on any atom is -0.380 e. The van der Waals surface area contributed by atoms with Crippen LogP contribution < -0.4 is 10.6 Å². The van der Waals surface area contributed by atoms with Crippen LogP contribution in [0.15, 0.2) is 54.6 Å². The molecule has 2 aromatic carbocycles. The van der Waals surface area contributed by atoms with Gasteiger partial charge in [-0.15, -0.1) is 0 Å². The molecular formula is C23H24N4O2. The van der Waals surface area contributed by atoms with Gasteiger partial charge in [-0.2, -0.15) is 0 Å². The molecule has 0 unspecified atom stereocenters. The summed E-state index contributed by atoms with van der Waals surface area (Å²) in [6, 6.07) is 17.8. The zero-order chi connectivity index (χ0) is 20.2. The number of nitrogens with one attached hydrogen (secondary N) is 2. The van der Waals surface area contributed by atoms with Crippen molar-refractivity contribution in [1.29, 1.82) is 0 Å². The highest BCUT2D eigenvalue weighted by molar-refractivity contribution is 5.97. The molecule has 0 atom stereocenters. The number of amides is 2. The van der Waals surface area contributed by atoms with Crippen LogP contribution in [-0.2, 0) is 17.8 Å². The maximum Gasteiger partial charge on any atom is 0.254 e. The lowest BCUT2D eigenvalue weighted by molar-refractivity contribution is -0.123. The van der Waals surface area contributed by atoms with Crippen molar-refractivity contribution >= 4 is 28.4 Å². The number of aryl methyl sites for hydroxylation is 1. The maximum absolute atomic E-state index is 12.6. The SMILES string of the molecule is CCc1cc(NCc2ccc(C(=O)N3CCNC(=O)C3)cc2)c2ccccc2n1. The minimum absolute atomic E-state index is 0.105. The Hall–Kier alpha value is -3.41. The Morgan fingerprint density at radius 3 is 2.72 bits per heavy atom. The van der Waals surface area contributed by atoms with E-state index in [2.05, 4.69) is 34.7 Å². The summed E-state index contributed by atoms with van der Waals surface area (Å²) in [6.07, 6.45) is 0.880. The standard InChI is InChI=1S/C23H24N4O2/c1-2-18-13-21(19-5-3-4-6-20(19)26-18)25-14-16-7-9-17(10-8-16)23(29)27-12-11-24-22(28)15-27/h3-10,13H,2,11-12,14-15H2,1H3,(H,24,28)(H,25,26). The molecule has 0 aliphatic carbocycles. The van der Waals surface area contributed by atoms with Crippen LogP contribution in [0.1, 0.15) is 28.5 Å². The molecule has 2 heterocycles. The average molecular weight is 388 g/mol. The lowest BCUT2D eigenvalue weighted by Gasteiger charge is -2.26. The maximum atomic E-state index is 12.6. The van der Waals surface area contributed by atoms with E-state index >= 15 is 0 Å². The van der Waals surface area contributed by atoms with E-state index in [1.807, 2.05) is 42.5 Å². The van der Waals surface area contributed by atoms with Crippen LogP contribution >= 0.6 is 0 Å². The zero-order valence-corrected chi connectivity index (χ0v) is 16.4. The molecule has 0 radical (unpaired) electrons. The van der Waals surface area contributed by atoms with Gasteiger partial charge in [0.2, 0.25) is 5.91 Å². The van der Waals surface area contributed by atoms with Gasteiger partial charge < -0.3 is 15.5 Å². The molecule has 1 aromatic heterocycles. The van der Waals surface area contributed by atoms with Crippen LogP contribution in [-0.4, -0.2) is 41.3 Å². The molecule has 2 amide bonds. The molecule has 4 rings (SSSR count). The molecule has 1 saturated heterocycles.